The van der Waals surface area contributed by atoms with E-state index in [2.05, 4.69) is 0 Å². The van der Waals surface area contributed by atoms with E-state index in [9.17, 15) is 0 Å². The predicted octanol–water partition coefficient (Wildman–Crippen LogP) is -0.766. The van der Waals surface area contributed by atoms with Gasteiger partial charge in [0.25, 0.3) is 0 Å². The molecule has 0 fully saturated rings. The van der Waals surface area contributed by atoms with Crippen molar-refractivity contribution in [2.75, 3.05) is 40.5 Å². The van der Waals surface area contributed by atoms with Gasteiger partial charge in [-0.25, -0.2) is 0 Å². The normalized spacial score (nSPS) is 13.8. The van der Waals surface area contributed by atoms with Crippen molar-refractivity contribution in [3.63, 3.8) is 0 Å². The largest absolute Gasteiger partial charge is 0.502 e. The summed E-state index contributed by atoms with van der Waals surface area (Å²) in [6.07, 6.45) is 0.910. The van der Waals surface area contributed by atoms with Crippen LogP contribution in [0, 0.1) is 0 Å². The Bertz CT molecular complexity index is 196. The quantitative estimate of drug-likeness (QED) is 0.318. The van der Waals surface area contributed by atoms with Crippen molar-refractivity contribution >= 4 is 8.80 Å². The Morgan fingerprint density at radius 1 is 1.00 bits per heavy atom. The lowest BCUT2D eigenvalue weighted by molar-refractivity contribution is -0.115. The molecule has 6 N–H and O–H groups in total. The molecule has 0 aromatic carbocycles. The lowest BCUT2D eigenvalue weighted by Crippen LogP contribution is -2.48. The fourth-order valence-electron chi connectivity index (χ4n) is 1.47. The highest BCUT2D eigenvalue weighted by atomic mass is 28.4. The zero-order chi connectivity index (χ0) is 13.9. The van der Waals surface area contributed by atoms with Crippen LogP contribution in [0.5, 0.6) is 0 Å². The van der Waals surface area contributed by atoms with Gasteiger partial charge >= 0.3 is 8.80 Å². The second kappa shape index (κ2) is 10.8. The second-order valence-corrected chi connectivity index (χ2v) is 6.69. The Kier molecular flexibility index (Phi) is 10.8. The molecule has 0 aromatic heterocycles. The standard InChI is InChI=1S/C10H27N3O4Si/c1-14-18(15-2,9-3-5-11)17-10(4-6-12)16-8-7-13/h10H,3-9,11-13H2,1-2H3. The summed E-state index contributed by atoms with van der Waals surface area (Å²) in [5.74, 6) is 0. The summed E-state index contributed by atoms with van der Waals surface area (Å²) >= 11 is 0. The Morgan fingerprint density at radius 3 is 2.11 bits per heavy atom. The summed E-state index contributed by atoms with van der Waals surface area (Å²) in [5, 5.41) is 0. The number of nitrogens with two attached hydrogens (primary N) is 3. The van der Waals surface area contributed by atoms with Gasteiger partial charge in [-0.05, 0) is 19.5 Å². The molecule has 110 valence electrons. The summed E-state index contributed by atoms with van der Waals surface area (Å²) < 4.78 is 22.2. The van der Waals surface area contributed by atoms with Gasteiger partial charge in [-0.15, -0.1) is 0 Å². The highest BCUT2D eigenvalue weighted by Gasteiger charge is 2.41. The summed E-state index contributed by atoms with van der Waals surface area (Å²) in [4.78, 5) is 0. The van der Waals surface area contributed by atoms with E-state index in [0.717, 1.165) is 6.42 Å². The molecule has 0 aliphatic heterocycles. The van der Waals surface area contributed by atoms with Crippen molar-refractivity contribution in [1.82, 2.24) is 0 Å². The molecular formula is C10H27N3O4Si. The molecule has 18 heavy (non-hydrogen) atoms. The first-order valence-electron chi connectivity index (χ1n) is 6.18. The maximum atomic E-state index is 5.86. The van der Waals surface area contributed by atoms with Gasteiger partial charge in [0.2, 0.25) is 0 Å². The first-order chi connectivity index (χ1) is 8.67. The minimum Gasteiger partial charge on any atom is -0.377 e. The smallest absolute Gasteiger partial charge is 0.377 e. The van der Waals surface area contributed by atoms with Crippen LogP contribution in [-0.2, 0) is 18.0 Å². The second-order valence-electron chi connectivity index (χ2n) is 3.77. The van der Waals surface area contributed by atoms with Gasteiger partial charge in [-0.3, -0.25) is 0 Å². The molecule has 0 aromatic rings. The van der Waals surface area contributed by atoms with E-state index in [-0.39, 0.29) is 0 Å². The van der Waals surface area contributed by atoms with Crippen molar-refractivity contribution in [3.8, 4) is 0 Å². The molecule has 0 radical (unpaired) electrons. The SMILES string of the molecule is CO[Si](CCCN)(OC)OC(CCN)OCCN. The Hall–Kier alpha value is -0.0631. The Labute approximate surface area is 110 Å². The van der Waals surface area contributed by atoms with E-state index < -0.39 is 15.1 Å². The summed E-state index contributed by atoms with van der Waals surface area (Å²) in [6, 6.07) is 0.656. The zero-order valence-electron chi connectivity index (χ0n) is 11.4. The number of ether oxygens (including phenoxy) is 1. The third kappa shape index (κ3) is 6.76. The summed E-state index contributed by atoms with van der Waals surface area (Å²) in [7, 11) is 0.440. The first kappa shape index (κ1) is 17.9. The number of hydrogen-bond donors (Lipinski definition) is 3. The third-order valence-electron chi connectivity index (χ3n) is 2.44. The molecule has 0 bridgehead atoms. The molecule has 7 nitrogen and oxygen atoms in total. The van der Waals surface area contributed by atoms with Crippen LogP contribution in [-0.4, -0.2) is 55.6 Å². The van der Waals surface area contributed by atoms with Crippen LogP contribution in [0.2, 0.25) is 6.04 Å². The lowest BCUT2D eigenvalue weighted by Gasteiger charge is -2.30. The minimum atomic E-state index is -2.72. The van der Waals surface area contributed by atoms with E-state index >= 15 is 0 Å². The minimum absolute atomic E-state index is 0.416. The Morgan fingerprint density at radius 2 is 1.67 bits per heavy atom. The van der Waals surface area contributed by atoms with Crippen molar-refractivity contribution < 1.29 is 18.0 Å². The topological polar surface area (TPSA) is 115 Å². The third-order valence-corrected chi connectivity index (χ3v) is 5.28. The molecule has 0 rings (SSSR count). The molecule has 1 atom stereocenters. The van der Waals surface area contributed by atoms with Crippen LogP contribution >= 0.6 is 0 Å². The van der Waals surface area contributed by atoms with Crippen LogP contribution in [0.1, 0.15) is 12.8 Å². The van der Waals surface area contributed by atoms with Crippen LogP contribution in [0.4, 0.5) is 0 Å². The number of rotatable bonds is 12. The van der Waals surface area contributed by atoms with Gasteiger partial charge in [0.15, 0.2) is 6.29 Å². The highest BCUT2D eigenvalue weighted by molar-refractivity contribution is 6.60. The van der Waals surface area contributed by atoms with E-state index in [4.69, 9.17) is 35.2 Å². The lowest BCUT2D eigenvalue weighted by atomic mass is 10.4. The summed E-state index contributed by atoms with van der Waals surface area (Å²) in [5.41, 5.74) is 16.4. The molecule has 1 unspecified atom stereocenters. The average Bonchev–Trinajstić information content (AvgIpc) is 2.41. The van der Waals surface area contributed by atoms with E-state index in [1.807, 2.05) is 0 Å². The van der Waals surface area contributed by atoms with Gasteiger partial charge in [0.1, 0.15) is 0 Å². The highest BCUT2D eigenvalue weighted by Crippen LogP contribution is 2.19. The van der Waals surface area contributed by atoms with E-state index in [0.29, 0.717) is 38.7 Å². The molecule has 0 spiro atoms. The van der Waals surface area contributed by atoms with Crippen molar-refractivity contribution in [3.05, 3.63) is 0 Å². The van der Waals surface area contributed by atoms with E-state index in [1.54, 1.807) is 14.2 Å². The average molecular weight is 281 g/mol. The summed E-state index contributed by atoms with van der Waals surface area (Å²) in [6.45, 7) is 1.88. The molecule has 0 aliphatic carbocycles. The predicted molar refractivity (Wildman–Crippen MR) is 71.8 cm³/mol. The Balaban J connectivity index is 4.46. The maximum Gasteiger partial charge on any atom is 0.502 e. The first-order valence-corrected chi connectivity index (χ1v) is 8.11. The maximum absolute atomic E-state index is 5.86. The van der Waals surface area contributed by atoms with E-state index in [1.165, 1.54) is 0 Å². The van der Waals surface area contributed by atoms with Crippen LogP contribution in [0.3, 0.4) is 0 Å². The monoisotopic (exact) mass is 281 g/mol. The molecular weight excluding hydrogens is 254 g/mol. The van der Waals surface area contributed by atoms with Crippen LogP contribution in [0.15, 0.2) is 0 Å². The molecule has 0 heterocycles. The number of hydrogen-bond acceptors (Lipinski definition) is 7. The van der Waals surface area contributed by atoms with Gasteiger partial charge in [-0.2, -0.15) is 0 Å². The van der Waals surface area contributed by atoms with Gasteiger partial charge in [0.05, 0.1) is 6.61 Å². The molecule has 0 saturated carbocycles. The fourth-order valence-corrected chi connectivity index (χ4v) is 3.58. The molecule has 0 saturated heterocycles. The molecule has 0 amide bonds. The zero-order valence-corrected chi connectivity index (χ0v) is 12.4. The fraction of sp³-hybridized carbons (Fsp3) is 1.00. The van der Waals surface area contributed by atoms with Gasteiger partial charge in [0, 0.05) is 33.2 Å². The molecule has 0 aliphatic rings. The van der Waals surface area contributed by atoms with Crippen molar-refractivity contribution in [2.45, 2.75) is 25.2 Å². The van der Waals surface area contributed by atoms with Crippen LogP contribution in [0.25, 0.3) is 0 Å². The van der Waals surface area contributed by atoms with Crippen LogP contribution < -0.4 is 17.2 Å². The van der Waals surface area contributed by atoms with Gasteiger partial charge < -0.3 is 35.2 Å². The van der Waals surface area contributed by atoms with Crippen molar-refractivity contribution in [2.24, 2.45) is 17.2 Å². The van der Waals surface area contributed by atoms with Gasteiger partial charge in [-0.1, -0.05) is 0 Å². The van der Waals surface area contributed by atoms with Crippen molar-refractivity contribution in [1.29, 1.82) is 0 Å². The molecule has 8 heteroatoms.